The largest absolute Gasteiger partial charge is 0.436 e. The van der Waals surface area contributed by atoms with Crippen molar-refractivity contribution in [3.8, 4) is 28.2 Å². The Kier molecular flexibility index (Phi) is 7.72. The Labute approximate surface area is 257 Å². The number of alkyl halides is 3. The van der Waals surface area contributed by atoms with Crippen molar-refractivity contribution < 1.29 is 22.4 Å². The van der Waals surface area contributed by atoms with E-state index in [4.69, 9.17) is 11.6 Å². The Morgan fingerprint density at radius 1 is 1.09 bits per heavy atom. The van der Waals surface area contributed by atoms with Crippen molar-refractivity contribution in [2.75, 3.05) is 5.32 Å². The Balaban J connectivity index is 1.46. The predicted octanol–water partition coefficient (Wildman–Crippen LogP) is 5.45. The third-order valence-corrected chi connectivity index (χ3v) is 7.91. The average Bonchev–Trinajstić information content (AvgIpc) is 3.64. The second-order valence-electron chi connectivity index (χ2n) is 10.7. The summed E-state index contributed by atoms with van der Waals surface area (Å²) in [5.74, 6) is -1.80. The van der Waals surface area contributed by atoms with Gasteiger partial charge >= 0.3 is 6.18 Å². The number of hydrogen-bond donors (Lipinski definition) is 1. The highest BCUT2D eigenvalue weighted by molar-refractivity contribution is 6.31. The summed E-state index contributed by atoms with van der Waals surface area (Å²) in [7, 11) is 1.73. The van der Waals surface area contributed by atoms with E-state index >= 15 is 4.39 Å². The van der Waals surface area contributed by atoms with E-state index in [0.717, 1.165) is 9.25 Å². The van der Waals surface area contributed by atoms with Crippen LogP contribution in [0.25, 0.3) is 28.2 Å². The van der Waals surface area contributed by atoms with Crippen LogP contribution in [0.1, 0.15) is 43.6 Å². The molecule has 0 spiro atoms. The van der Waals surface area contributed by atoms with Gasteiger partial charge < -0.3 is 5.32 Å². The number of halogens is 5. The van der Waals surface area contributed by atoms with Crippen LogP contribution < -0.4 is 10.9 Å². The smallest absolute Gasteiger partial charge is 0.323 e. The molecule has 4 aromatic heterocycles. The summed E-state index contributed by atoms with van der Waals surface area (Å²) in [5.41, 5.74) is -0.535. The molecular formula is C29H24ClF4N9O2. The zero-order valence-corrected chi connectivity index (χ0v) is 24.5. The van der Waals surface area contributed by atoms with Crippen molar-refractivity contribution in [1.29, 1.82) is 0 Å². The Morgan fingerprint density at radius 2 is 1.89 bits per heavy atom. The number of hydrogen-bond acceptors (Lipinski definition) is 7. The quantitative estimate of drug-likeness (QED) is 0.260. The van der Waals surface area contributed by atoms with E-state index in [9.17, 15) is 22.8 Å². The van der Waals surface area contributed by atoms with Crippen LogP contribution in [0.15, 0.2) is 60.0 Å². The molecule has 2 bridgehead atoms. The fraction of sp³-hybridized carbons (Fsp3) is 0.276. The second kappa shape index (κ2) is 11.5. The number of benzene rings is 1. The van der Waals surface area contributed by atoms with Gasteiger partial charge in [-0.2, -0.15) is 22.7 Å². The summed E-state index contributed by atoms with van der Waals surface area (Å²) in [6.45, 7) is 1.79. The van der Waals surface area contributed by atoms with Crippen LogP contribution in [0.4, 0.5) is 23.2 Å². The molecule has 1 amide bonds. The Bertz CT molecular complexity index is 1980. The summed E-state index contributed by atoms with van der Waals surface area (Å²) < 4.78 is 59.2. The lowest BCUT2D eigenvalue weighted by molar-refractivity contribution is -0.141. The molecule has 1 aromatic carbocycles. The van der Waals surface area contributed by atoms with Gasteiger partial charge in [0, 0.05) is 35.3 Å². The zero-order chi connectivity index (χ0) is 32.0. The maximum atomic E-state index is 16.0. The molecule has 2 atom stereocenters. The number of fused-ring (bicyclic) bond motifs is 4. The number of pyridine rings is 1. The molecule has 0 radical (unpaired) electrons. The van der Waals surface area contributed by atoms with Crippen molar-refractivity contribution in [2.45, 2.75) is 38.4 Å². The highest BCUT2D eigenvalue weighted by atomic mass is 35.5. The normalized spacial score (nSPS) is 17.3. The van der Waals surface area contributed by atoms with Crippen LogP contribution in [-0.2, 0) is 18.0 Å². The van der Waals surface area contributed by atoms with Crippen LogP contribution >= 0.6 is 11.6 Å². The zero-order valence-electron chi connectivity index (χ0n) is 23.8. The molecule has 1 aliphatic heterocycles. The van der Waals surface area contributed by atoms with Gasteiger partial charge in [-0.05, 0) is 43.2 Å². The third-order valence-electron chi connectivity index (χ3n) is 7.68. The maximum absolute atomic E-state index is 16.0. The van der Waals surface area contributed by atoms with Gasteiger partial charge in [0.25, 0.3) is 5.56 Å². The minimum Gasteiger partial charge on any atom is -0.323 e. The van der Waals surface area contributed by atoms with Gasteiger partial charge in [0.2, 0.25) is 11.7 Å². The van der Waals surface area contributed by atoms with Crippen LogP contribution in [0.3, 0.4) is 0 Å². The minimum absolute atomic E-state index is 0.0226. The molecule has 45 heavy (non-hydrogen) atoms. The van der Waals surface area contributed by atoms with Crippen molar-refractivity contribution in [3.63, 3.8) is 0 Å². The van der Waals surface area contributed by atoms with Crippen molar-refractivity contribution >= 4 is 23.2 Å². The first-order valence-electron chi connectivity index (χ1n) is 13.8. The number of aryl methyl sites for hydroxylation is 1. The number of carbonyl (C=O) groups excluding carboxylic acids is 1. The van der Waals surface area contributed by atoms with E-state index < -0.39 is 35.0 Å². The SMILES string of the molecule is C[C@@H]1CCC[C@H](n2cnc(-c3cc(Cl)ccc3-n3cc(C(F)(F)F)nn3)c(F)c2=O)c2cc(ccn2)-c2c(cnn2C)NC1=O. The van der Waals surface area contributed by atoms with Crippen LogP contribution in [-0.4, -0.2) is 45.2 Å². The fourth-order valence-corrected chi connectivity index (χ4v) is 5.52. The molecule has 5 aromatic rings. The molecule has 0 fully saturated rings. The average molecular weight is 642 g/mol. The van der Waals surface area contributed by atoms with Gasteiger partial charge in [0.15, 0.2) is 5.69 Å². The first-order valence-corrected chi connectivity index (χ1v) is 14.2. The lowest BCUT2D eigenvalue weighted by atomic mass is 9.97. The lowest BCUT2D eigenvalue weighted by Gasteiger charge is -2.22. The van der Waals surface area contributed by atoms with E-state index in [1.807, 2.05) is 0 Å². The first kappa shape index (κ1) is 30.1. The molecule has 232 valence electrons. The number of nitrogens with zero attached hydrogens (tertiary/aromatic N) is 8. The van der Waals surface area contributed by atoms with Crippen LogP contribution in [0, 0.1) is 11.7 Å². The minimum atomic E-state index is -4.76. The standard InChI is InChI=1S/C29H24ClF4N9O2/c1-15-4-3-5-22(19-10-16(8-9-35-19)26-20(38-27(15)44)12-37-41(26)2)42-14-36-25(24(31)28(42)45)18-11-17(30)6-7-21(18)43-13-23(39-40-43)29(32,33)34/h6-15,22H,3-5H2,1-2H3,(H,38,44)/t15-,22+/m1/s1. The van der Waals surface area contributed by atoms with Gasteiger partial charge in [0.05, 0.1) is 47.5 Å². The van der Waals surface area contributed by atoms with Gasteiger partial charge in [-0.15, -0.1) is 5.10 Å². The highest BCUT2D eigenvalue weighted by Gasteiger charge is 2.35. The Hall–Kier alpha value is -4.92. The van der Waals surface area contributed by atoms with Crippen molar-refractivity contribution in [1.82, 2.24) is 39.3 Å². The third kappa shape index (κ3) is 5.70. The molecule has 1 N–H and O–H groups in total. The van der Waals surface area contributed by atoms with Gasteiger partial charge in [-0.1, -0.05) is 30.2 Å². The van der Waals surface area contributed by atoms with E-state index in [-0.39, 0.29) is 28.1 Å². The second-order valence-corrected chi connectivity index (χ2v) is 11.1. The maximum Gasteiger partial charge on any atom is 0.436 e. The van der Waals surface area contributed by atoms with Crippen molar-refractivity contribution in [3.05, 3.63) is 87.8 Å². The number of nitrogens with one attached hydrogen (secondary N) is 1. The summed E-state index contributed by atoms with van der Waals surface area (Å²) in [5, 5.41) is 14.0. The topological polar surface area (TPSA) is 125 Å². The monoisotopic (exact) mass is 641 g/mol. The lowest BCUT2D eigenvalue weighted by Crippen LogP contribution is -2.30. The molecule has 0 saturated carbocycles. The van der Waals surface area contributed by atoms with Crippen molar-refractivity contribution in [2.24, 2.45) is 13.0 Å². The number of rotatable bonds is 3. The number of anilines is 1. The Morgan fingerprint density at radius 3 is 2.64 bits per heavy atom. The van der Waals surface area contributed by atoms with E-state index in [1.165, 1.54) is 24.5 Å². The molecule has 5 heterocycles. The molecule has 6 rings (SSSR count). The number of amides is 1. The molecule has 11 nitrogen and oxygen atoms in total. The van der Waals surface area contributed by atoms with Crippen LogP contribution in [0.2, 0.25) is 5.02 Å². The van der Waals surface area contributed by atoms with Gasteiger partial charge in [-0.3, -0.25) is 23.8 Å². The molecular weight excluding hydrogens is 618 g/mol. The number of aromatic nitrogens is 8. The van der Waals surface area contributed by atoms with E-state index in [1.54, 1.807) is 43.2 Å². The number of carbonyl (C=O) groups is 1. The summed E-state index contributed by atoms with van der Waals surface area (Å²) in [6.07, 6.45) is 1.46. The molecule has 0 unspecified atom stereocenters. The van der Waals surface area contributed by atoms with E-state index in [0.29, 0.717) is 48.1 Å². The van der Waals surface area contributed by atoms with Gasteiger partial charge in [0.1, 0.15) is 5.69 Å². The fourth-order valence-electron chi connectivity index (χ4n) is 5.35. The summed E-state index contributed by atoms with van der Waals surface area (Å²) in [4.78, 5) is 35.3. The molecule has 0 aliphatic carbocycles. The molecule has 1 aliphatic rings. The first-order chi connectivity index (χ1) is 21.4. The van der Waals surface area contributed by atoms with E-state index in [2.05, 4.69) is 30.7 Å². The predicted molar refractivity (Wildman–Crippen MR) is 155 cm³/mol. The summed E-state index contributed by atoms with van der Waals surface area (Å²) >= 11 is 6.16. The summed E-state index contributed by atoms with van der Waals surface area (Å²) in [6, 6.07) is 6.71. The molecule has 0 saturated heterocycles. The van der Waals surface area contributed by atoms with Gasteiger partial charge in [-0.25, -0.2) is 9.67 Å². The molecule has 16 heteroatoms. The van der Waals surface area contributed by atoms with Crippen LogP contribution in [0.5, 0.6) is 0 Å². The highest BCUT2D eigenvalue weighted by Crippen LogP contribution is 2.34.